The summed E-state index contributed by atoms with van der Waals surface area (Å²) in [6.45, 7) is 1.28. The number of aliphatic hydroxyl groups is 1. The highest BCUT2D eigenvalue weighted by Crippen LogP contribution is 2.48. The second-order valence-electron chi connectivity index (χ2n) is 11.2. The maximum atomic E-state index is 15.2. The van der Waals surface area contributed by atoms with Gasteiger partial charge >= 0.3 is 23.8 Å². The predicted molar refractivity (Wildman–Crippen MR) is 162 cm³/mol. The number of unbranched alkanes of at least 4 members (excludes halogenated alkanes) is 1. The molecule has 0 spiro atoms. The maximum absolute atomic E-state index is 15.2. The van der Waals surface area contributed by atoms with E-state index in [1.807, 2.05) is 0 Å². The van der Waals surface area contributed by atoms with E-state index in [2.05, 4.69) is 10.3 Å². The number of aryl methyl sites for hydroxylation is 2. The summed E-state index contributed by atoms with van der Waals surface area (Å²) >= 11 is 0. The molecule has 0 bridgehead atoms. The Morgan fingerprint density at radius 3 is 2.23 bits per heavy atom. The van der Waals surface area contributed by atoms with E-state index in [1.165, 1.54) is 0 Å². The fourth-order valence-electron chi connectivity index (χ4n) is 5.15. The molecule has 0 radical (unpaired) electrons. The van der Waals surface area contributed by atoms with Crippen LogP contribution < -0.4 is 22.3 Å². The number of rotatable bonds is 15. The molecule has 0 amide bonds. The first-order valence-electron chi connectivity index (χ1n) is 14.9. The van der Waals surface area contributed by atoms with Crippen LogP contribution in [0.5, 0.6) is 0 Å². The molecule has 0 aliphatic heterocycles. The van der Waals surface area contributed by atoms with Crippen molar-refractivity contribution in [1.82, 2.24) is 24.0 Å². The molecule has 1 atom stereocenters. The molecular formula is C31H35F7N6O3. The van der Waals surface area contributed by atoms with Gasteiger partial charge in [0.1, 0.15) is 5.82 Å². The average molecular weight is 673 g/mol. The lowest BCUT2D eigenvalue weighted by Crippen LogP contribution is -2.60. The van der Waals surface area contributed by atoms with Crippen LogP contribution in [0.2, 0.25) is 0 Å². The van der Waals surface area contributed by atoms with E-state index in [0.717, 1.165) is 10.1 Å². The van der Waals surface area contributed by atoms with Gasteiger partial charge in [0, 0.05) is 38.3 Å². The third-order valence-corrected chi connectivity index (χ3v) is 7.74. The number of halogens is 7. The molecule has 2 aromatic heterocycles. The standard InChI is InChI=1S/C31H35F7N6O3/c1-2-23(45)19-40-14-16-42-24(18-21-9-4-3-5-10-21)41-26-25(42)27(46)44(31(37,38)29(32,33)30(34,35)36)28(47)43(26)15-7-6-11-20-12-8-13-22(39)17-20/h3-5,8-10,12-13,17,23,40,45H,2,6-7,11,14-16,18-19,39H2,1H3. The van der Waals surface area contributed by atoms with Gasteiger partial charge in [0.25, 0.3) is 5.56 Å². The molecule has 4 N–H and O–H groups in total. The van der Waals surface area contributed by atoms with Crippen molar-refractivity contribution >= 4 is 16.9 Å². The molecule has 2 aromatic carbocycles. The van der Waals surface area contributed by atoms with Gasteiger partial charge < -0.3 is 20.7 Å². The Bertz CT molecular complexity index is 1780. The van der Waals surface area contributed by atoms with E-state index < -0.39 is 57.8 Å². The fraction of sp³-hybridized carbons (Fsp3) is 0.452. The van der Waals surface area contributed by atoms with Crippen molar-refractivity contribution in [3.8, 4) is 0 Å². The molecule has 4 rings (SSSR count). The van der Waals surface area contributed by atoms with E-state index in [1.54, 1.807) is 61.5 Å². The lowest BCUT2D eigenvalue weighted by atomic mass is 10.1. The van der Waals surface area contributed by atoms with Crippen LogP contribution in [-0.2, 0) is 32.0 Å². The number of hydrogen-bond donors (Lipinski definition) is 3. The minimum atomic E-state index is -6.79. The summed E-state index contributed by atoms with van der Waals surface area (Å²) < 4.78 is 99.2. The molecule has 0 aliphatic rings. The number of nitrogen functional groups attached to an aromatic ring is 1. The SMILES string of the molecule is CCC(O)CNCCn1c(Cc2ccccc2)nc2c1c(=O)n(C(F)(F)C(F)(F)C(F)(F)F)c(=O)n2CCCCc1cccc(N)c1. The maximum Gasteiger partial charge on any atom is 0.462 e. The molecule has 0 aliphatic carbocycles. The summed E-state index contributed by atoms with van der Waals surface area (Å²) in [5, 5.41) is 12.8. The Morgan fingerprint density at radius 1 is 0.915 bits per heavy atom. The summed E-state index contributed by atoms with van der Waals surface area (Å²) in [4.78, 5) is 31.4. The second-order valence-corrected chi connectivity index (χ2v) is 11.2. The number of fused-ring (bicyclic) bond motifs is 1. The lowest BCUT2D eigenvalue weighted by molar-refractivity contribution is -0.382. The monoisotopic (exact) mass is 672 g/mol. The van der Waals surface area contributed by atoms with E-state index in [0.29, 0.717) is 35.1 Å². The smallest absolute Gasteiger partial charge is 0.399 e. The van der Waals surface area contributed by atoms with Crippen LogP contribution in [0.15, 0.2) is 64.2 Å². The topological polar surface area (TPSA) is 120 Å². The number of nitrogens with two attached hydrogens (primary N) is 1. The van der Waals surface area contributed by atoms with Crippen LogP contribution in [0.1, 0.15) is 43.1 Å². The van der Waals surface area contributed by atoms with Crippen LogP contribution in [0.4, 0.5) is 36.4 Å². The average Bonchev–Trinajstić information content (AvgIpc) is 3.36. The lowest BCUT2D eigenvalue weighted by Gasteiger charge is -2.29. The Labute approximate surface area is 264 Å². The molecule has 4 aromatic rings. The molecule has 256 valence electrons. The van der Waals surface area contributed by atoms with Crippen molar-refractivity contribution in [3.63, 3.8) is 0 Å². The van der Waals surface area contributed by atoms with Gasteiger partial charge in [0.05, 0.1) is 6.10 Å². The van der Waals surface area contributed by atoms with E-state index in [9.17, 15) is 36.6 Å². The largest absolute Gasteiger partial charge is 0.462 e. The minimum absolute atomic E-state index is 0.00523. The number of hydrogen-bond acceptors (Lipinski definition) is 6. The van der Waals surface area contributed by atoms with Gasteiger partial charge in [-0.05, 0) is 48.9 Å². The highest BCUT2D eigenvalue weighted by molar-refractivity contribution is 5.71. The third kappa shape index (κ3) is 7.53. The zero-order chi connectivity index (χ0) is 34.6. The highest BCUT2D eigenvalue weighted by Gasteiger charge is 2.75. The third-order valence-electron chi connectivity index (χ3n) is 7.74. The van der Waals surface area contributed by atoms with Crippen molar-refractivity contribution in [2.75, 3.05) is 18.8 Å². The van der Waals surface area contributed by atoms with Crippen LogP contribution in [-0.4, -0.2) is 55.1 Å². The number of aliphatic hydroxyl groups excluding tert-OH is 1. The van der Waals surface area contributed by atoms with Gasteiger partial charge in [-0.2, -0.15) is 35.3 Å². The van der Waals surface area contributed by atoms with Crippen LogP contribution >= 0.6 is 0 Å². The zero-order valence-electron chi connectivity index (χ0n) is 25.4. The second kappa shape index (κ2) is 14.3. The highest BCUT2D eigenvalue weighted by atomic mass is 19.4. The van der Waals surface area contributed by atoms with Crippen molar-refractivity contribution in [3.05, 3.63) is 92.4 Å². The van der Waals surface area contributed by atoms with Crippen molar-refractivity contribution in [2.24, 2.45) is 0 Å². The number of nitrogens with one attached hydrogen (secondary N) is 1. The first-order valence-corrected chi connectivity index (χ1v) is 14.9. The van der Waals surface area contributed by atoms with Crippen LogP contribution in [0.3, 0.4) is 0 Å². The fourth-order valence-corrected chi connectivity index (χ4v) is 5.15. The number of alkyl halides is 7. The molecule has 9 nitrogen and oxygen atoms in total. The molecule has 2 heterocycles. The molecule has 47 heavy (non-hydrogen) atoms. The molecule has 1 unspecified atom stereocenters. The number of imidazole rings is 1. The number of benzene rings is 2. The summed E-state index contributed by atoms with van der Waals surface area (Å²) in [5.74, 6) is -6.69. The van der Waals surface area contributed by atoms with E-state index in [-0.39, 0.29) is 38.3 Å². The summed E-state index contributed by atoms with van der Waals surface area (Å²) in [6.07, 6.45) is -6.25. The number of anilines is 1. The zero-order valence-corrected chi connectivity index (χ0v) is 25.4. The van der Waals surface area contributed by atoms with Gasteiger partial charge in [0.2, 0.25) is 0 Å². The Morgan fingerprint density at radius 2 is 1.60 bits per heavy atom. The summed E-state index contributed by atoms with van der Waals surface area (Å²) in [7, 11) is 0. The normalized spacial score (nSPS) is 13.4. The van der Waals surface area contributed by atoms with Gasteiger partial charge in [-0.15, -0.1) is 0 Å². The van der Waals surface area contributed by atoms with E-state index >= 15 is 8.78 Å². The molecule has 0 saturated carbocycles. The summed E-state index contributed by atoms with van der Waals surface area (Å²) in [6, 6.07) is 9.16. The molecule has 0 fully saturated rings. The van der Waals surface area contributed by atoms with Gasteiger partial charge in [-0.25, -0.2) is 9.78 Å². The van der Waals surface area contributed by atoms with Gasteiger partial charge in [0.15, 0.2) is 11.2 Å². The molecule has 16 heteroatoms. The van der Waals surface area contributed by atoms with Gasteiger partial charge in [-0.3, -0.25) is 9.36 Å². The number of nitrogens with zero attached hydrogens (tertiary/aromatic N) is 4. The molecule has 0 saturated heterocycles. The van der Waals surface area contributed by atoms with Crippen molar-refractivity contribution in [2.45, 2.75) is 76.4 Å². The van der Waals surface area contributed by atoms with Crippen molar-refractivity contribution < 1.29 is 35.8 Å². The Hall–Kier alpha value is -4.18. The first kappa shape index (κ1) is 35.7. The van der Waals surface area contributed by atoms with Crippen molar-refractivity contribution in [1.29, 1.82) is 0 Å². The van der Waals surface area contributed by atoms with Gasteiger partial charge in [-0.1, -0.05) is 49.4 Å². The van der Waals surface area contributed by atoms with Crippen LogP contribution in [0, 0.1) is 0 Å². The van der Waals surface area contributed by atoms with E-state index in [4.69, 9.17) is 5.73 Å². The number of aromatic nitrogens is 4. The first-order chi connectivity index (χ1) is 22.1. The Balaban J connectivity index is 1.88. The summed E-state index contributed by atoms with van der Waals surface area (Å²) in [5.41, 5.74) is 2.50. The Kier molecular flexibility index (Phi) is 10.8. The predicted octanol–water partition coefficient (Wildman–Crippen LogP) is 4.66. The molecular weight excluding hydrogens is 637 g/mol. The quantitative estimate of drug-likeness (QED) is 0.0961. The van der Waals surface area contributed by atoms with Crippen LogP contribution in [0.25, 0.3) is 11.2 Å². The minimum Gasteiger partial charge on any atom is -0.399 e.